The van der Waals surface area contributed by atoms with Gasteiger partial charge in [0.05, 0.1) is 6.26 Å². The maximum Gasteiger partial charge on any atom is 0.222 e. The molecule has 0 aromatic carbocycles. The third-order valence-electron chi connectivity index (χ3n) is 2.14. The van der Waals surface area contributed by atoms with Crippen LogP contribution in [0.25, 0.3) is 0 Å². The second-order valence-corrected chi connectivity index (χ2v) is 5.34. The predicted molar refractivity (Wildman–Crippen MR) is 53.3 cm³/mol. The Morgan fingerprint density at radius 2 is 2.21 bits per heavy atom. The predicted octanol–water partition coefficient (Wildman–Crippen LogP) is -0.452. The maximum atomic E-state index is 11.2. The van der Waals surface area contributed by atoms with Gasteiger partial charge in [0.1, 0.15) is 0 Å². The lowest BCUT2D eigenvalue weighted by molar-refractivity contribution is -0.127. The van der Waals surface area contributed by atoms with Crippen molar-refractivity contribution in [2.24, 2.45) is 0 Å². The fraction of sp³-hybridized carbons (Fsp3) is 0.875. The van der Waals surface area contributed by atoms with Crippen molar-refractivity contribution >= 4 is 15.9 Å². The Morgan fingerprint density at radius 3 is 2.71 bits per heavy atom. The summed E-state index contributed by atoms with van der Waals surface area (Å²) in [6.45, 7) is 1.88. The summed E-state index contributed by atoms with van der Waals surface area (Å²) in [6, 6.07) is 0. The number of carbonyl (C=O) groups is 1. The molecule has 0 saturated carbocycles. The van der Waals surface area contributed by atoms with Gasteiger partial charge >= 0.3 is 0 Å². The van der Waals surface area contributed by atoms with Crippen molar-refractivity contribution in [3.8, 4) is 0 Å². The van der Waals surface area contributed by atoms with E-state index in [2.05, 4.69) is 4.72 Å². The molecule has 82 valence electrons. The lowest BCUT2D eigenvalue weighted by Gasteiger charge is -2.14. The van der Waals surface area contributed by atoms with Gasteiger partial charge in [-0.1, -0.05) is 0 Å². The molecule has 1 aliphatic heterocycles. The van der Waals surface area contributed by atoms with Crippen LogP contribution in [0.4, 0.5) is 0 Å². The first kappa shape index (κ1) is 11.5. The fourth-order valence-corrected chi connectivity index (χ4v) is 1.98. The van der Waals surface area contributed by atoms with E-state index in [1.807, 2.05) is 0 Å². The van der Waals surface area contributed by atoms with Crippen LogP contribution in [0.5, 0.6) is 0 Å². The van der Waals surface area contributed by atoms with Crippen LogP contribution in [0.2, 0.25) is 0 Å². The van der Waals surface area contributed by atoms with Gasteiger partial charge in [-0.2, -0.15) is 0 Å². The number of rotatable bonds is 5. The number of sulfonamides is 1. The van der Waals surface area contributed by atoms with Gasteiger partial charge in [-0.3, -0.25) is 4.79 Å². The zero-order valence-electron chi connectivity index (χ0n) is 8.32. The first-order valence-corrected chi connectivity index (χ1v) is 6.60. The molecule has 1 N–H and O–H groups in total. The number of nitrogens with zero attached hydrogens (tertiary/aromatic N) is 1. The Bertz CT molecular complexity index is 300. The summed E-state index contributed by atoms with van der Waals surface area (Å²) in [4.78, 5) is 12.9. The van der Waals surface area contributed by atoms with Crippen LogP contribution in [0.3, 0.4) is 0 Å². The Hall–Kier alpha value is -0.620. The number of nitrogens with one attached hydrogen (secondary N) is 1. The molecular formula is C8H16N2O3S. The van der Waals surface area contributed by atoms with Gasteiger partial charge in [0.25, 0.3) is 0 Å². The minimum Gasteiger partial charge on any atom is -0.343 e. The summed E-state index contributed by atoms with van der Waals surface area (Å²) in [5, 5.41) is 0. The average molecular weight is 220 g/mol. The molecule has 14 heavy (non-hydrogen) atoms. The van der Waals surface area contributed by atoms with Gasteiger partial charge in [0.2, 0.25) is 15.9 Å². The monoisotopic (exact) mass is 220 g/mol. The van der Waals surface area contributed by atoms with Crippen molar-refractivity contribution in [1.82, 2.24) is 9.62 Å². The van der Waals surface area contributed by atoms with E-state index in [0.717, 1.165) is 19.2 Å². The van der Waals surface area contributed by atoms with Gasteiger partial charge in [0, 0.05) is 26.1 Å². The third-order valence-corrected chi connectivity index (χ3v) is 2.87. The molecule has 6 heteroatoms. The molecule has 0 spiro atoms. The highest BCUT2D eigenvalue weighted by Gasteiger charge is 2.18. The van der Waals surface area contributed by atoms with Gasteiger partial charge in [-0.05, 0) is 12.8 Å². The summed E-state index contributed by atoms with van der Waals surface area (Å²) in [5.41, 5.74) is 0. The average Bonchev–Trinajstić information content (AvgIpc) is 2.44. The van der Waals surface area contributed by atoms with Gasteiger partial charge in [-0.15, -0.1) is 0 Å². The largest absolute Gasteiger partial charge is 0.343 e. The number of hydrogen-bond acceptors (Lipinski definition) is 3. The van der Waals surface area contributed by atoms with Gasteiger partial charge < -0.3 is 4.90 Å². The van der Waals surface area contributed by atoms with E-state index in [1.54, 1.807) is 4.90 Å². The molecule has 0 aliphatic carbocycles. The molecule has 1 saturated heterocycles. The highest BCUT2D eigenvalue weighted by Crippen LogP contribution is 2.09. The molecule has 0 radical (unpaired) electrons. The molecule has 1 aliphatic rings. The third kappa shape index (κ3) is 4.06. The molecule has 1 heterocycles. The van der Waals surface area contributed by atoms with E-state index in [-0.39, 0.29) is 5.91 Å². The Labute approximate surface area is 84.5 Å². The van der Waals surface area contributed by atoms with Crippen molar-refractivity contribution in [1.29, 1.82) is 0 Å². The molecular weight excluding hydrogens is 204 g/mol. The molecule has 0 aromatic heterocycles. The van der Waals surface area contributed by atoms with Crippen LogP contribution in [0.1, 0.15) is 19.3 Å². The number of likely N-dealkylation sites (tertiary alicyclic amines) is 1. The standard InChI is InChI=1S/C8H16N2O3S/c1-14(12,13)9-5-3-7-10-6-2-4-8(10)11/h9H,2-7H2,1H3. The Kier molecular flexibility index (Phi) is 3.88. The SMILES string of the molecule is CS(=O)(=O)NCCCN1CCCC1=O. The first-order valence-electron chi connectivity index (χ1n) is 4.71. The Morgan fingerprint density at radius 1 is 1.50 bits per heavy atom. The zero-order valence-corrected chi connectivity index (χ0v) is 9.14. The molecule has 0 unspecified atom stereocenters. The van der Waals surface area contributed by atoms with Crippen molar-refractivity contribution in [3.05, 3.63) is 0 Å². The van der Waals surface area contributed by atoms with Crippen LogP contribution in [-0.2, 0) is 14.8 Å². The van der Waals surface area contributed by atoms with Crippen LogP contribution in [0.15, 0.2) is 0 Å². The molecule has 1 amide bonds. The van der Waals surface area contributed by atoms with E-state index in [1.165, 1.54) is 0 Å². The number of hydrogen-bond donors (Lipinski definition) is 1. The normalized spacial score (nSPS) is 17.8. The maximum absolute atomic E-state index is 11.2. The summed E-state index contributed by atoms with van der Waals surface area (Å²) in [5.74, 6) is 0.185. The van der Waals surface area contributed by atoms with E-state index >= 15 is 0 Å². The Balaban J connectivity index is 2.13. The van der Waals surface area contributed by atoms with Crippen molar-refractivity contribution in [2.45, 2.75) is 19.3 Å². The minimum atomic E-state index is -3.09. The second-order valence-electron chi connectivity index (χ2n) is 3.50. The van der Waals surface area contributed by atoms with E-state index in [9.17, 15) is 13.2 Å². The van der Waals surface area contributed by atoms with E-state index in [0.29, 0.717) is 25.9 Å². The molecule has 1 fully saturated rings. The van der Waals surface area contributed by atoms with E-state index in [4.69, 9.17) is 0 Å². The summed E-state index contributed by atoms with van der Waals surface area (Å²) in [6.07, 6.45) is 3.38. The fourth-order valence-electron chi connectivity index (χ4n) is 1.47. The summed E-state index contributed by atoms with van der Waals surface area (Å²) in [7, 11) is -3.09. The quantitative estimate of drug-likeness (QED) is 0.638. The lowest BCUT2D eigenvalue weighted by Crippen LogP contribution is -2.30. The molecule has 0 atom stereocenters. The number of carbonyl (C=O) groups excluding carboxylic acids is 1. The zero-order chi connectivity index (χ0) is 10.6. The van der Waals surface area contributed by atoms with Crippen LogP contribution < -0.4 is 4.72 Å². The van der Waals surface area contributed by atoms with Gasteiger partial charge in [-0.25, -0.2) is 13.1 Å². The molecule has 5 nitrogen and oxygen atoms in total. The molecule has 0 bridgehead atoms. The van der Waals surface area contributed by atoms with E-state index < -0.39 is 10.0 Å². The topological polar surface area (TPSA) is 66.5 Å². The highest BCUT2D eigenvalue weighted by atomic mass is 32.2. The van der Waals surface area contributed by atoms with Crippen LogP contribution in [0, 0.1) is 0 Å². The summed E-state index contributed by atoms with van der Waals surface area (Å²) >= 11 is 0. The molecule has 1 rings (SSSR count). The number of amides is 1. The van der Waals surface area contributed by atoms with Crippen LogP contribution in [-0.4, -0.2) is 45.1 Å². The summed E-state index contributed by atoms with van der Waals surface area (Å²) < 4.78 is 23.8. The minimum absolute atomic E-state index is 0.185. The first-order chi connectivity index (χ1) is 6.49. The van der Waals surface area contributed by atoms with Gasteiger partial charge in [0.15, 0.2) is 0 Å². The van der Waals surface area contributed by atoms with Crippen molar-refractivity contribution < 1.29 is 13.2 Å². The lowest BCUT2D eigenvalue weighted by atomic mass is 10.4. The van der Waals surface area contributed by atoms with Crippen molar-refractivity contribution in [2.75, 3.05) is 25.9 Å². The van der Waals surface area contributed by atoms with Crippen LogP contribution >= 0.6 is 0 Å². The smallest absolute Gasteiger partial charge is 0.222 e. The van der Waals surface area contributed by atoms with Crippen molar-refractivity contribution in [3.63, 3.8) is 0 Å². The highest BCUT2D eigenvalue weighted by molar-refractivity contribution is 7.88. The second kappa shape index (κ2) is 4.75. The molecule has 0 aromatic rings.